The van der Waals surface area contributed by atoms with Crippen LogP contribution < -0.4 is 10.6 Å². The summed E-state index contributed by atoms with van der Waals surface area (Å²) in [6, 6.07) is 0.687. The summed E-state index contributed by atoms with van der Waals surface area (Å²) in [5.74, 6) is -6.37. The van der Waals surface area contributed by atoms with Crippen LogP contribution in [0.15, 0.2) is 18.5 Å². The highest BCUT2D eigenvalue weighted by atomic mass is 19.4. The monoisotopic (exact) mass is 651 g/mol. The number of fused-ring (bicyclic) bond motifs is 1. The van der Waals surface area contributed by atoms with Gasteiger partial charge in [-0.05, 0) is 64.6 Å². The summed E-state index contributed by atoms with van der Waals surface area (Å²) < 4.78 is 72.0. The molecule has 0 spiro atoms. The predicted octanol–water partition coefficient (Wildman–Crippen LogP) is 4.26. The van der Waals surface area contributed by atoms with E-state index in [1.807, 2.05) is 14.0 Å². The van der Waals surface area contributed by atoms with Crippen LogP contribution in [0.4, 0.5) is 22.0 Å². The van der Waals surface area contributed by atoms with Crippen molar-refractivity contribution in [3.8, 4) is 0 Å². The van der Waals surface area contributed by atoms with Gasteiger partial charge in [0.1, 0.15) is 5.69 Å². The molecule has 16 heteroatoms. The minimum atomic E-state index is -4.44. The van der Waals surface area contributed by atoms with Gasteiger partial charge in [0.2, 0.25) is 11.8 Å². The van der Waals surface area contributed by atoms with Gasteiger partial charge in [-0.15, -0.1) is 0 Å². The van der Waals surface area contributed by atoms with E-state index in [4.69, 9.17) is 15.1 Å². The molecule has 2 aliphatic heterocycles. The number of hydrogen-bond donors (Lipinski definition) is 2. The molecule has 46 heavy (non-hydrogen) atoms. The van der Waals surface area contributed by atoms with Gasteiger partial charge in [0.05, 0.1) is 41.3 Å². The third-order valence-electron chi connectivity index (χ3n) is 9.72. The number of piperidine rings is 1. The number of alkyl halides is 5. The Morgan fingerprint density at radius 3 is 2.63 bits per heavy atom. The first-order chi connectivity index (χ1) is 21.8. The third-order valence-corrected chi connectivity index (χ3v) is 9.72. The van der Waals surface area contributed by atoms with Gasteiger partial charge in [0.25, 0.3) is 11.7 Å². The second kappa shape index (κ2) is 12.5. The van der Waals surface area contributed by atoms with Gasteiger partial charge in [0, 0.05) is 44.5 Å². The van der Waals surface area contributed by atoms with Crippen LogP contribution in [0.3, 0.4) is 0 Å². The average molecular weight is 652 g/mol. The maximum Gasteiger partial charge on any atom is 0.393 e. The normalized spacial score (nSPS) is 25.1. The molecule has 1 unspecified atom stereocenters. The summed E-state index contributed by atoms with van der Waals surface area (Å²) >= 11 is 0. The molecular weight excluding hydrogens is 613 g/mol. The molecule has 3 aromatic heterocycles. The highest BCUT2D eigenvalue weighted by molar-refractivity contribution is 5.92. The molecule has 0 bridgehead atoms. The number of nitrogens with zero attached hydrogens (tertiary/aromatic N) is 7. The van der Waals surface area contributed by atoms with Crippen LogP contribution in [0.2, 0.25) is 0 Å². The fourth-order valence-corrected chi connectivity index (χ4v) is 7.08. The first kappa shape index (κ1) is 32.3. The second-order valence-corrected chi connectivity index (χ2v) is 12.8. The predicted molar refractivity (Wildman–Crippen MR) is 155 cm³/mol. The zero-order valence-electron chi connectivity index (χ0n) is 25.7. The molecular formula is C30H38F5N9O2. The molecule has 5 heterocycles. The van der Waals surface area contributed by atoms with Crippen molar-refractivity contribution in [3.05, 3.63) is 41.2 Å². The highest BCUT2D eigenvalue weighted by Gasteiger charge is 2.45. The van der Waals surface area contributed by atoms with Crippen molar-refractivity contribution in [1.29, 1.82) is 0 Å². The molecule has 1 saturated carbocycles. The Labute approximate surface area is 262 Å². The van der Waals surface area contributed by atoms with Crippen LogP contribution >= 0.6 is 0 Å². The van der Waals surface area contributed by atoms with Crippen molar-refractivity contribution in [3.63, 3.8) is 0 Å². The van der Waals surface area contributed by atoms with E-state index in [9.17, 15) is 31.5 Å². The number of hydrogen-bond acceptors (Lipinski definition) is 7. The smallest absolute Gasteiger partial charge is 0.355 e. The van der Waals surface area contributed by atoms with E-state index >= 15 is 0 Å². The maximum atomic E-state index is 14.1. The van der Waals surface area contributed by atoms with Crippen LogP contribution in [0.25, 0.3) is 5.78 Å². The largest absolute Gasteiger partial charge is 0.393 e. The standard InChI is InChI=1S/C30H38F5N9O2/c1-3-43-23(8-11-37-43)27(46)39-24(17-6-9-29(31,32)10-7-17)21-16-44-28(38-21)40-25(22-5-4-12-42(22)2)20(41-44)14-18-13-19(30(33,34)35)15-36-26(18)45/h8,11,16-19,22,24H,3-7,9-10,12-15H2,1-2H3,(H,36,45)(H,39,46)/t18-,19-,22?,24+/m1/s1. The number of rotatable bonds is 8. The van der Waals surface area contributed by atoms with Crippen molar-refractivity contribution >= 4 is 17.6 Å². The van der Waals surface area contributed by atoms with Crippen LogP contribution in [0.1, 0.15) is 91.5 Å². The summed E-state index contributed by atoms with van der Waals surface area (Å²) in [6.07, 6.45) is -0.370. The lowest BCUT2D eigenvalue weighted by atomic mass is 9.81. The number of imidazole rings is 1. The summed E-state index contributed by atoms with van der Waals surface area (Å²) in [5, 5.41) is 14.3. The molecule has 2 saturated heterocycles. The van der Waals surface area contributed by atoms with E-state index in [1.165, 1.54) is 15.4 Å². The van der Waals surface area contributed by atoms with E-state index in [0.29, 0.717) is 29.3 Å². The molecule has 250 valence electrons. The molecule has 3 fully saturated rings. The second-order valence-electron chi connectivity index (χ2n) is 12.8. The Morgan fingerprint density at radius 2 is 1.96 bits per heavy atom. The summed E-state index contributed by atoms with van der Waals surface area (Å²) in [7, 11) is 1.93. The van der Waals surface area contributed by atoms with E-state index in [1.54, 1.807) is 12.3 Å². The number of nitrogens with one attached hydrogen (secondary N) is 2. The molecule has 3 aromatic rings. The Morgan fingerprint density at radius 1 is 1.20 bits per heavy atom. The highest BCUT2D eigenvalue weighted by Crippen LogP contribution is 2.42. The number of carbonyl (C=O) groups is 2. The van der Waals surface area contributed by atoms with Gasteiger partial charge < -0.3 is 10.6 Å². The zero-order chi connectivity index (χ0) is 32.8. The lowest BCUT2D eigenvalue weighted by molar-refractivity contribution is -0.183. The zero-order valence-corrected chi connectivity index (χ0v) is 25.7. The number of likely N-dealkylation sites (tertiary alicyclic amines) is 1. The minimum Gasteiger partial charge on any atom is -0.355 e. The van der Waals surface area contributed by atoms with Gasteiger partial charge in [-0.2, -0.15) is 23.4 Å². The number of aromatic nitrogens is 6. The Kier molecular flexibility index (Phi) is 8.76. The van der Waals surface area contributed by atoms with E-state index in [0.717, 1.165) is 19.4 Å². The van der Waals surface area contributed by atoms with Crippen molar-refractivity contribution < 1.29 is 31.5 Å². The van der Waals surface area contributed by atoms with Crippen molar-refractivity contribution in [2.24, 2.45) is 17.8 Å². The summed E-state index contributed by atoms with van der Waals surface area (Å²) in [4.78, 5) is 37.8. The number of halogens is 5. The fourth-order valence-electron chi connectivity index (χ4n) is 7.08. The maximum absolute atomic E-state index is 14.1. The molecule has 0 radical (unpaired) electrons. The lowest BCUT2D eigenvalue weighted by Crippen LogP contribution is -2.47. The molecule has 2 N–H and O–H groups in total. The van der Waals surface area contributed by atoms with Gasteiger partial charge in [0.15, 0.2) is 0 Å². The van der Waals surface area contributed by atoms with Crippen molar-refractivity contribution in [1.82, 2.24) is 44.9 Å². The van der Waals surface area contributed by atoms with Gasteiger partial charge in [-0.25, -0.2) is 23.3 Å². The van der Waals surface area contributed by atoms with E-state index < -0.39 is 48.3 Å². The lowest BCUT2D eigenvalue weighted by Gasteiger charge is -2.33. The van der Waals surface area contributed by atoms with Crippen LogP contribution in [0.5, 0.6) is 0 Å². The molecule has 0 aromatic carbocycles. The van der Waals surface area contributed by atoms with E-state index in [-0.39, 0.29) is 56.3 Å². The first-order valence-corrected chi connectivity index (χ1v) is 15.8. The molecule has 2 amide bonds. The average Bonchev–Trinajstić information content (AvgIpc) is 3.75. The van der Waals surface area contributed by atoms with Gasteiger partial charge in [-0.1, -0.05) is 0 Å². The third kappa shape index (κ3) is 6.58. The number of carbonyl (C=O) groups excluding carboxylic acids is 2. The van der Waals surface area contributed by atoms with Gasteiger partial charge >= 0.3 is 6.18 Å². The van der Waals surface area contributed by atoms with E-state index in [2.05, 4.69) is 20.6 Å². The van der Waals surface area contributed by atoms with Crippen LogP contribution in [-0.2, 0) is 17.8 Å². The topological polar surface area (TPSA) is 122 Å². The summed E-state index contributed by atoms with van der Waals surface area (Å²) in [5.41, 5.74) is 1.67. The van der Waals surface area contributed by atoms with Crippen molar-refractivity contribution in [2.75, 3.05) is 20.1 Å². The van der Waals surface area contributed by atoms with Crippen LogP contribution in [-0.4, -0.2) is 78.3 Å². The first-order valence-electron chi connectivity index (χ1n) is 15.8. The fraction of sp³-hybridized carbons (Fsp3) is 0.667. The number of aryl methyl sites for hydroxylation is 1. The molecule has 3 aliphatic rings. The molecule has 6 rings (SSSR count). The molecule has 1 aliphatic carbocycles. The number of amides is 2. The molecule has 11 nitrogen and oxygen atoms in total. The molecule has 4 atom stereocenters. The summed E-state index contributed by atoms with van der Waals surface area (Å²) in [6.45, 7) is 2.65. The van der Waals surface area contributed by atoms with Crippen molar-refractivity contribution in [2.45, 2.75) is 89.0 Å². The van der Waals surface area contributed by atoms with Crippen LogP contribution in [0, 0.1) is 17.8 Å². The Hall–Kier alpha value is -3.69. The van der Waals surface area contributed by atoms with Gasteiger partial charge in [-0.3, -0.25) is 19.2 Å². The minimum absolute atomic E-state index is 0.0343. The quantitative estimate of drug-likeness (QED) is 0.349. The Bertz CT molecular complexity index is 1580. The SMILES string of the molecule is CCn1nccc1C(=O)N[C@H](c1cn2nc(C[C@H]3C[C@@H](C(F)(F)F)CNC3=O)c(C3CCCN3C)nc2n1)C1CCC(F)(F)CC1. The Balaban J connectivity index is 1.36.